The summed E-state index contributed by atoms with van der Waals surface area (Å²) >= 11 is 0. The van der Waals surface area contributed by atoms with Gasteiger partial charge in [-0.25, -0.2) is 4.79 Å². The van der Waals surface area contributed by atoms with Gasteiger partial charge in [-0.05, 0) is 18.1 Å². The van der Waals surface area contributed by atoms with Gasteiger partial charge in [0.2, 0.25) is 5.91 Å². The fourth-order valence-electron chi connectivity index (χ4n) is 2.27. The first-order valence-corrected chi connectivity index (χ1v) is 7.08. The summed E-state index contributed by atoms with van der Waals surface area (Å²) in [5.74, 6) is 0.358. The Bertz CT molecular complexity index is 573. The van der Waals surface area contributed by atoms with Crippen LogP contribution in [-0.2, 0) is 11.2 Å². The molecule has 1 atom stereocenters. The van der Waals surface area contributed by atoms with E-state index in [1.54, 1.807) is 13.1 Å². The number of benzene rings is 1. The zero-order valence-corrected chi connectivity index (χ0v) is 12.6. The molecule has 1 heterocycles. The molecule has 118 valence electrons. The lowest BCUT2D eigenvalue weighted by atomic mass is 10.1. The minimum Gasteiger partial charge on any atom is -0.491 e. The van der Waals surface area contributed by atoms with Gasteiger partial charge in [-0.1, -0.05) is 24.3 Å². The number of carbonyl (C=O) groups is 2. The number of likely N-dealkylation sites (N-methyl/N-ethyl adjacent to an activating group) is 1. The van der Waals surface area contributed by atoms with Gasteiger partial charge in [0.15, 0.2) is 0 Å². The molecule has 6 nitrogen and oxygen atoms in total. The van der Waals surface area contributed by atoms with Crippen LogP contribution in [0.5, 0.6) is 5.75 Å². The molecule has 1 aliphatic heterocycles. The summed E-state index contributed by atoms with van der Waals surface area (Å²) in [5.41, 5.74) is 0.970. The van der Waals surface area contributed by atoms with Crippen molar-refractivity contribution in [3.8, 4) is 5.75 Å². The van der Waals surface area contributed by atoms with Crippen molar-refractivity contribution in [1.82, 2.24) is 9.80 Å². The molecular weight excluding hydrogens is 284 g/mol. The number of aliphatic hydroxyl groups excluding tert-OH is 1. The van der Waals surface area contributed by atoms with Crippen LogP contribution >= 0.6 is 0 Å². The van der Waals surface area contributed by atoms with E-state index in [2.05, 4.69) is 6.58 Å². The Morgan fingerprint density at radius 2 is 2.14 bits per heavy atom. The van der Waals surface area contributed by atoms with Gasteiger partial charge in [0, 0.05) is 7.05 Å². The zero-order valence-electron chi connectivity index (χ0n) is 12.6. The summed E-state index contributed by atoms with van der Waals surface area (Å²) < 4.78 is 5.60. The Balaban J connectivity index is 1.91. The molecule has 1 aromatic carbocycles. The molecule has 2 rings (SSSR count). The summed E-state index contributed by atoms with van der Waals surface area (Å²) in [7, 11) is 1.55. The van der Waals surface area contributed by atoms with E-state index in [1.807, 2.05) is 24.3 Å². The van der Waals surface area contributed by atoms with Crippen LogP contribution in [0.3, 0.4) is 0 Å². The molecule has 1 unspecified atom stereocenters. The smallest absolute Gasteiger partial charge is 0.327 e. The first kappa shape index (κ1) is 16.0. The fraction of sp³-hybridized carbons (Fsp3) is 0.375. The third kappa shape index (κ3) is 3.65. The van der Waals surface area contributed by atoms with Crippen LogP contribution in [0.15, 0.2) is 36.9 Å². The highest BCUT2D eigenvalue weighted by atomic mass is 16.5. The molecular formula is C16H20N2O4. The fourth-order valence-corrected chi connectivity index (χ4v) is 2.27. The third-order valence-electron chi connectivity index (χ3n) is 3.39. The van der Waals surface area contributed by atoms with Crippen LogP contribution in [0.1, 0.15) is 5.56 Å². The van der Waals surface area contributed by atoms with E-state index in [1.165, 1.54) is 4.90 Å². The van der Waals surface area contributed by atoms with Crippen LogP contribution in [0, 0.1) is 0 Å². The van der Waals surface area contributed by atoms with Crippen molar-refractivity contribution >= 4 is 11.9 Å². The second kappa shape index (κ2) is 7.09. The molecule has 1 saturated heterocycles. The minimum absolute atomic E-state index is 0.00886. The number of carbonyl (C=O) groups excluding carboxylic acids is 2. The third-order valence-corrected chi connectivity index (χ3v) is 3.39. The molecule has 22 heavy (non-hydrogen) atoms. The lowest BCUT2D eigenvalue weighted by molar-refractivity contribution is -0.126. The summed E-state index contributed by atoms with van der Waals surface area (Å²) in [6.07, 6.45) is 1.51. The lowest BCUT2D eigenvalue weighted by Crippen LogP contribution is -2.40. The molecule has 1 fully saturated rings. The summed E-state index contributed by atoms with van der Waals surface area (Å²) in [6, 6.07) is 7.09. The van der Waals surface area contributed by atoms with Crippen molar-refractivity contribution in [3.05, 3.63) is 42.5 Å². The summed E-state index contributed by atoms with van der Waals surface area (Å²) in [5, 5.41) is 10.0. The van der Waals surface area contributed by atoms with Crippen molar-refractivity contribution in [2.75, 3.05) is 26.7 Å². The van der Waals surface area contributed by atoms with Crippen LogP contribution in [0.4, 0.5) is 4.79 Å². The maximum absolute atomic E-state index is 11.7. The SMILES string of the molecule is C=CCc1ccccc1OCC(O)CN1C(=O)CN(C)C1=O. The number of ether oxygens (including phenoxy) is 1. The molecule has 0 aromatic heterocycles. The van der Waals surface area contributed by atoms with Gasteiger partial charge in [-0.3, -0.25) is 9.69 Å². The molecule has 3 amide bonds. The predicted octanol–water partition coefficient (Wildman–Crippen LogP) is 1.05. The standard InChI is InChI=1S/C16H20N2O4/c1-3-6-12-7-4-5-8-14(12)22-11-13(19)9-18-15(20)10-17(2)16(18)21/h3-5,7-8,13,19H,1,6,9-11H2,2H3. The van der Waals surface area contributed by atoms with E-state index < -0.39 is 12.1 Å². The van der Waals surface area contributed by atoms with Gasteiger partial charge in [0.25, 0.3) is 0 Å². The summed E-state index contributed by atoms with van der Waals surface area (Å²) in [4.78, 5) is 25.7. The Kier molecular flexibility index (Phi) is 5.16. The Morgan fingerprint density at radius 3 is 2.77 bits per heavy atom. The van der Waals surface area contributed by atoms with Gasteiger partial charge in [0.05, 0.1) is 6.54 Å². The predicted molar refractivity (Wildman–Crippen MR) is 81.6 cm³/mol. The number of nitrogens with zero attached hydrogens (tertiary/aromatic N) is 2. The second-order valence-electron chi connectivity index (χ2n) is 5.21. The Morgan fingerprint density at radius 1 is 1.41 bits per heavy atom. The highest BCUT2D eigenvalue weighted by Crippen LogP contribution is 2.19. The van der Waals surface area contributed by atoms with Crippen molar-refractivity contribution < 1.29 is 19.4 Å². The minimum atomic E-state index is -0.934. The van der Waals surface area contributed by atoms with E-state index in [-0.39, 0.29) is 25.6 Å². The topological polar surface area (TPSA) is 70.1 Å². The number of amides is 3. The highest BCUT2D eigenvalue weighted by Gasteiger charge is 2.34. The van der Waals surface area contributed by atoms with E-state index in [0.717, 1.165) is 10.5 Å². The normalized spacial score (nSPS) is 16.1. The monoisotopic (exact) mass is 304 g/mol. The van der Waals surface area contributed by atoms with Crippen LogP contribution < -0.4 is 4.74 Å². The van der Waals surface area contributed by atoms with Crippen molar-refractivity contribution in [2.45, 2.75) is 12.5 Å². The van der Waals surface area contributed by atoms with Crippen molar-refractivity contribution in [1.29, 1.82) is 0 Å². The number of rotatable bonds is 7. The molecule has 6 heteroatoms. The van der Waals surface area contributed by atoms with Gasteiger partial charge in [0.1, 0.15) is 25.0 Å². The molecule has 0 bridgehead atoms. The van der Waals surface area contributed by atoms with Gasteiger partial charge in [-0.2, -0.15) is 0 Å². The lowest BCUT2D eigenvalue weighted by Gasteiger charge is -2.19. The molecule has 0 aliphatic carbocycles. The maximum Gasteiger partial charge on any atom is 0.327 e. The highest BCUT2D eigenvalue weighted by molar-refractivity contribution is 6.01. The molecule has 0 spiro atoms. The summed E-state index contributed by atoms with van der Waals surface area (Å²) in [6.45, 7) is 3.69. The number of hydrogen-bond donors (Lipinski definition) is 1. The number of urea groups is 1. The first-order valence-electron chi connectivity index (χ1n) is 7.08. The average molecular weight is 304 g/mol. The van der Waals surface area contributed by atoms with E-state index in [9.17, 15) is 14.7 Å². The first-order chi connectivity index (χ1) is 10.5. The number of allylic oxidation sites excluding steroid dienone is 1. The van der Waals surface area contributed by atoms with Gasteiger partial charge < -0.3 is 14.7 Å². The number of hydrogen-bond acceptors (Lipinski definition) is 4. The second-order valence-corrected chi connectivity index (χ2v) is 5.21. The molecule has 1 N–H and O–H groups in total. The largest absolute Gasteiger partial charge is 0.491 e. The van der Waals surface area contributed by atoms with E-state index in [0.29, 0.717) is 12.2 Å². The zero-order chi connectivity index (χ0) is 16.1. The van der Waals surface area contributed by atoms with Gasteiger partial charge >= 0.3 is 6.03 Å². The quantitative estimate of drug-likeness (QED) is 0.604. The van der Waals surface area contributed by atoms with Crippen LogP contribution in [-0.4, -0.2) is 59.7 Å². The number of β-amino-alcohol motifs (C(OH)–C–C–N with tert-alkyl or cyclic N) is 1. The van der Waals surface area contributed by atoms with Crippen molar-refractivity contribution in [2.24, 2.45) is 0 Å². The molecule has 0 saturated carbocycles. The van der Waals surface area contributed by atoms with Crippen LogP contribution in [0.2, 0.25) is 0 Å². The van der Waals surface area contributed by atoms with Crippen molar-refractivity contribution in [3.63, 3.8) is 0 Å². The molecule has 1 aliphatic rings. The van der Waals surface area contributed by atoms with Gasteiger partial charge in [-0.15, -0.1) is 6.58 Å². The Hall–Kier alpha value is -2.34. The number of aliphatic hydroxyl groups is 1. The van der Waals surface area contributed by atoms with E-state index in [4.69, 9.17) is 4.74 Å². The number of para-hydroxylation sites is 1. The average Bonchev–Trinajstić information content (AvgIpc) is 2.73. The van der Waals surface area contributed by atoms with Crippen LogP contribution in [0.25, 0.3) is 0 Å². The number of imide groups is 1. The maximum atomic E-state index is 11.7. The van der Waals surface area contributed by atoms with E-state index >= 15 is 0 Å². The molecule has 1 aromatic rings. The molecule has 0 radical (unpaired) electrons. The Labute approximate surface area is 129 Å².